The van der Waals surface area contributed by atoms with E-state index < -0.39 is 11.8 Å². The average Bonchev–Trinajstić information content (AvgIpc) is 3.03. The Morgan fingerprint density at radius 3 is 2.32 bits per heavy atom. The van der Waals surface area contributed by atoms with Gasteiger partial charge < -0.3 is 10.6 Å². The molecule has 3 amide bonds. The molecule has 0 aliphatic carbocycles. The molecular formula is C26H21BrClN3O3. The molecule has 3 aromatic carbocycles. The van der Waals surface area contributed by atoms with Crippen LogP contribution in [-0.4, -0.2) is 22.6 Å². The first-order valence-electron chi connectivity index (χ1n) is 10.5. The molecule has 0 atom stereocenters. The number of carbonyl (C=O) groups is 3. The summed E-state index contributed by atoms with van der Waals surface area (Å²) in [7, 11) is 0. The maximum Gasteiger partial charge on any atom is 0.278 e. The van der Waals surface area contributed by atoms with Gasteiger partial charge in [0.15, 0.2) is 0 Å². The van der Waals surface area contributed by atoms with Gasteiger partial charge in [0.25, 0.3) is 17.7 Å². The van der Waals surface area contributed by atoms with E-state index in [0.29, 0.717) is 5.56 Å². The number of benzene rings is 3. The second-order valence-electron chi connectivity index (χ2n) is 7.83. The number of halogens is 2. The second kappa shape index (κ2) is 10.2. The smallest absolute Gasteiger partial charge is 0.278 e. The van der Waals surface area contributed by atoms with E-state index in [2.05, 4.69) is 26.6 Å². The van der Waals surface area contributed by atoms with Crippen molar-refractivity contribution in [1.82, 2.24) is 10.2 Å². The first kappa shape index (κ1) is 23.7. The Morgan fingerprint density at radius 1 is 0.941 bits per heavy atom. The Kier molecular flexibility index (Phi) is 7.14. The van der Waals surface area contributed by atoms with Crippen molar-refractivity contribution in [3.8, 4) is 0 Å². The van der Waals surface area contributed by atoms with Crippen molar-refractivity contribution in [1.29, 1.82) is 0 Å². The van der Waals surface area contributed by atoms with Crippen LogP contribution in [0.5, 0.6) is 0 Å². The lowest BCUT2D eigenvalue weighted by atomic mass is 10.1. The number of carbonyl (C=O) groups excluding carboxylic acids is 3. The largest absolute Gasteiger partial charge is 0.375 e. The van der Waals surface area contributed by atoms with Crippen LogP contribution in [0.4, 0.5) is 5.69 Å². The quantitative estimate of drug-likeness (QED) is 0.410. The van der Waals surface area contributed by atoms with Crippen LogP contribution >= 0.6 is 27.5 Å². The molecule has 1 heterocycles. The summed E-state index contributed by atoms with van der Waals surface area (Å²) >= 11 is 9.58. The predicted octanol–water partition coefficient (Wildman–Crippen LogP) is 5.12. The second-order valence-corrected chi connectivity index (χ2v) is 9.13. The van der Waals surface area contributed by atoms with Gasteiger partial charge in [0.2, 0.25) is 0 Å². The molecule has 4 rings (SSSR count). The first-order valence-corrected chi connectivity index (χ1v) is 11.7. The standard InChI is InChI=1S/C26H21BrClN3O3/c1-16-13-20(27)11-12-21(16)30-24(32)19-9-7-17(8-10-19)14-29-23-22(28)25(33)31(26(23)34)15-18-5-3-2-4-6-18/h2-13,29H,14-15H2,1H3,(H,30,32). The zero-order valence-electron chi connectivity index (χ0n) is 18.3. The maximum atomic E-state index is 12.8. The van der Waals surface area contributed by atoms with Crippen LogP contribution in [-0.2, 0) is 22.7 Å². The van der Waals surface area contributed by atoms with Crippen molar-refractivity contribution in [3.63, 3.8) is 0 Å². The average molecular weight is 539 g/mol. The van der Waals surface area contributed by atoms with E-state index in [0.717, 1.165) is 31.8 Å². The molecule has 0 unspecified atom stereocenters. The number of hydrogen-bond donors (Lipinski definition) is 2. The summed E-state index contributed by atoms with van der Waals surface area (Å²) in [5.74, 6) is -1.20. The molecule has 1 aliphatic heterocycles. The monoisotopic (exact) mass is 537 g/mol. The van der Waals surface area contributed by atoms with Gasteiger partial charge in [-0.15, -0.1) is 0 Å². The lowest BCUT2D eigenvalue weighted by Crippen LogP contribution is -2.33. The minimum absolute atomic E-state index is 0.0788. The number of imide groups is 1. The van der Waals surface area contributed by atoms with Crippen molar-refractivity contribution in [2.75, 3.05) is 5.32 Å². The first-order chi connectivity index (χ1) is 16.3. The normalized spacial score (nSPS) is 13.4. The minimum Gasteiger partial charge on any atom is -0.375 e. The fourth-order valence-electron chi connectivity index (χ4n) is 3.54. The van der Waals surface area contributed by atoms with Gasteiger partial charge in [-0.1, -0.05) is 70.0 Å². The summed E-state index contributed by atoms with van der Waals surface area (Å²) in [5.41, 5.74) is 3.94. The molecule has 2 N–H and O–H groups in total. The Hall–Kier alpha value is -3.42. The van der Waals surface area contributed by atoms with E-state index in [9.17, 15) is 14.4 Å². The highest BCUT2D eigenvalue weighted by Gasteiger charge is 2.37. The van der Waals surface area contributed by atoms with E-state index in [-0.39, 0.29) is 29.7 Å². The molecular weight excluding hydrogens is 518 g/mol. The van der Waals surface area contributed by atoms with E-state index >= 15 is 0 Å². The molecule has 3 aromatic rings. The van der Waals surface area contributed by atoms with Crippen molar-refractivity contribution in [2.24, 2.45) is 0 Å². The zero-order valence-corrected chi connectivity index (χ0v) is 20.6. The Morgan fingerprint density at radius 2 is 1.65 bits per heavy atom. The summed E-state index contributed by atoms with van der Waals surface area (Å²) in [5, 5.41) is 5.76. The predicted molar refractivity (Wildman–Crippen MR) is 135 cm³/mol. The van der Waals surface area contributed by atoms with Crippen LogP contribution < -0.4 is 10.6 Å². The SMILES string of the molecule is Cc1cc(Br)ccc1NC(=O)c1ccc(CNC2=C(Cl)C(=O)N(Cc3ccccc3)C2=O)cc1. The van der Waals surface area contributed by atoms with Crippen LogP contribution in [0.15, 0.2) is 88.0 Å². The van der Waals surface area contributed by atoms with Gasteiger partial charge >= 0.3 is 0 Å². The third-order valence-electron chi connectivity index (χ3n) is 5.42. The topological polar surface area (TPSA) is 78.5 Å². The number of anilines is 1. The fourth-order valence-corrected chi connectivity index (χ4v) is 4.26. The summed E-state index contributed by atoms with van der Waals surface area (Å²) in [4.78, 5) is 39.0. The number of nitrogens with zero attached hydrogens (tertiary/aromatic N) is 1. The molecule has 8 heteroatoms. The summed E-state index contributed by atoms with van der Waals surface area (Å²) in [6, 6.07) is 21.9. The third kappa shape index (κ3) is 5.21. The number of aryl methyl sites for hydroxylation is 1. The lowest BCUT2D eigenvalue weighted by Gasteiger charge is -2.15. The number of amides is 3. The lowest BCUT2D eigenvalue weighted by molar-refractivity contribution is -0.138. The molecule has 0 radical (unpaired) electrons. The molecule has 34 heavy (non-hydrogen) atoms. The van der Waals surface area contributed by atoms with E-state index in [1.54, 1.807) is 24.3 Å². The van der Waals surface area contributed by atoms with Gasteiger partial charge in [-0.05, 0) is 53.9 Å². The molecule has 0 bridgehead atoms. The van der Waals surface area contributed by atoms with Gasteiger partial charge in [0.05, 0.1) is 6.54 Å². The minimum atomic E-state index is -0.520. The highest BCUT2D eigenvalue weighted by molar-refractivity contribution is 9.10. The summed E-state index contributed by atoms with van der Waals surface area (Å²) in [6.07, 6.45) is 0. The Bertz CT molecular complexity index is 1290. The zero-order chi connectivity index (χ0) is 24.2. The van der Waals surface area contributed by atoms with Gasteiger partial charge in [-0.3, -0.25) is 19.3 Å². The number of hydrogen-bond acceptors (Lipinski definition) is 4. The molecule has 0 spiro atoms. The summed E-state index contributed by atoms with van der Waals surface area (Å²) in [6.45, 7) is 2.35. The van der Waals surface area contributed by atoms with Gasteiger partial charge in [0, 0.05) is 22.3 Å². The van der Waals surface area contributed by atoms with Gasteiger partial charge in [-0.25, -0.2) is 0 Å². The Labute approximate surface area is 210 Å². The fraction of sp³-hybridized carbons (Fsp3) is 0.115. The van der Waals surface area contributed by atoms with Gasteiger partial charge in [-0.2, -0.15) is 0 Å². The van der Waals surface area contributed by atoms with Crippen molar-refractivity contribution < 1.29 is 14.4 Å². The molecule has 0 aromatic heterocycles. The molecule has 0 saturated heterocycles. The molecule has 0 saturated carbocycles. The van der Waals surface area contributed by atoms with Crippen molar-refractivity contribution in [3.05, 3.63) is 110 Å². The van der Waals surface area contributed by atoms with Crippen LogP contribution in [0.2, 0.25) is 0 Å². The van der Waals surface area contributed by atoms with Gasteiger partial charge in [0.1, 0.15) is 10.7 Å². The van der Waals surface area contributed by atoms with Crippen LogP contribution in [0, 0.1) is 6.92 Å². The van der Waals surface area contributed by atoms with E-state index in [1.807, 2.05) is 55.5 Å². The molecule has 1 aliphatic rings. The van der Waals surface area contributed by atoms with E-state index in [4.69, 9.17) is 11.6 Å². The maximum absolute atomic E-state index is 12.8. The van der Waals surface area contributed by atoms with Crippen molar-refractivity contribution >= 4 is 50.9 Å². The van der Waals surface area contributed by atoms with Crippen LogP contribution in [0.25, 0.3) is 0 Å². The van der Waals surface area contributed by atoms with Crippen LogP contribution in [0.1, 0.15) is 27.0 Å². The molecule has 0 fully saturated rings. The van der Waals surface area contributed by atoms with Crippen molar-refractivity contribution in [2.45, 2.75) is 20.0 Å². The third-order valence-corrected chi connectivity index (χ3v) is 6.26. The number of rotatable bonds is 7. The summed E-state index contributed by atoms with van der Waals surface area (Å²) < 4.78 is 0.945. The number of nitrogens with one attached hydrogen (secondary N) is 2. The highest BCUT2D eigenvalue weighted by atomic mass is 79.9. The Balaban J connectivity index is 1.37. The van der Waals surface area contributed by atoms with E-state index in [1.165, 1.54) is 0 Å². The highest BCUT2D eigenvalue weighted by Crippen LogP contribution is 2.25. The van der Waals surface area contributed by atoms with Crippen LogP contribution in [0.3, 0.4) is 0 Å². The molecule has 172 valence electrons. The molecule has 6 nitrogen and oxygen atoms in total.